The third-order valence-electron chi connectivity index (χ3n) is 3.68. The molecule has 0 spiro atoms. The lowest BCUT2D eigenvalue weighted by atomic mass is 10.1. The van der Waals surface area contributed by atoms with Gasteiger partial charge in [-0.25, -0.2) is 4.79 Å². The van der Waals surface area contributed by atoms with E-state index in [2.05, 4.69) is 0 Å². The Bertz CT molecular complexity index is 941. The molecule has 0 bridgehead atoms. The van der Waals surface area contributed by atoms with Crippen LogP contribution in [0, 0.1) is 0 Å². The lowest BCUT2D eigenvalue weighted by Crippen LogP contribution is -2.11. The van der Waals surface area contributed by atoms with E-state index in [9.17, 15) is 9.59 Å². The lowest BCUT2D eigenvalue weighted by Gasteiger charge is -2.08. The summed E-state index contributed by atoms with van der Waals surface area (Å²) in [6.45, 7) is 3.24. The molecule has 0 unspecified atom stereocenters. The van der Waals surface area contributed by atoms with Crippen molar-refractivity contribution in [3.8, 4) is 11.5 Å². The number of aromatic nitrogens is 1. The monoisotopic (exact) mass is 327 g/mol. The van der Waals surface area contributed by atoms with Gasteiger partial charge in [0.15, 0.2) is 11.4 Å². The Morgan fingerprint density at radius 2 is 1.92 bits per heavy atom. The standard InChI is InChI=1S/C18H17NO5/c1-4-23-18(21)17-16(24-11(2)20)10-14-12-6-5-7-15(22-3)13(12)8-9-19(14)17/h5-10H,4H2,1-3H3. The maximum atomic E-state index is 12.3. The van der Waals surface area contributed by atoms with Gasteiger partial charge in [0.1, 0.15) is 5.75 Å². The van der Waals surface area contributed by atoms with E-state index in [-0.39, 0.29) is 18.1 Å². The Morgan fingerprint density at radius 3 is 2.58 bits per heavy atom. The molecular formula is C18H17NO5. The molecule has 2 aromatic heterocycles. The fourth-order valence-corrected chi connectivity index (χ4v) is 2.76. The minimum atomic E-state index is -0.545. The van der Waals surface area contributed by atoms with Crippen LogP contribution in [0.15, 0.2) is 36.5 Å². The van der Waals surface area contributed by atoms with Gasteiger partial charge >= 0.3 is 11.9 Å². The summed E-state index contributed by atoms with van der Waals surface area (Å²) in [4.78, 5) is 23.7. The van der Waals surface area contributed by atoms with Crippen LogP contribution >= 0.6 is 0 Å². The summed E-state index contributed by atoms with van der Waals surface area (Å²) in [7, 11) is 1.60. The molecule has 0 amide bonds. The van der Waals surface area contributed by atoms with E-state index in [0.717, 1.165) is 22.0 Å². The van der Waals surface area contributed by atoms with E-state index in [1.165, 1.54) is 6.92 Å². The van der Waals surface area contributed by atoms with Crippen molar-refractivity contribution in [3.05, 3.63) is 42.2 Å². The smallest absolute Gasteiger partial charge is 0.359 e. The second-order valence-corrected chi connectivity index (χ2v) is 5.16. The van der Waals surface area contributed by atoms with Crippen LogP contribution < -0.4 is 9.47 Å². The molecule has 0 N–H and O–H groups in total. The Hall–Kier alpha value is -3.02. The maximum absolute atomic E-state index is 12.3. The van der Waals surface area contributed by atoms with Gasteiger partial charge in [-0.2, -0.15) is 0 Å². The number of carbonyl (C=O) groups excluding carboxylic acids is 2. The number of benzene rings is 1. The molecule has 24 heavy (non-hydrogen) atoms. The maximum Gasteiger partial charge on any atom is 0.359 e. The highest BCUT2D eigenvalue weighted by Crippen LogP contribution is 2.33. The number of esters is 2. The largest absolute Gasteiger partial charge is 0.496 e. The van der Waals surface area contributed by atoms with E-state index in [0.29, 0.717) is 0 Å². The fraction of sp³-hybridized carbons (Fsp3) is 0.222. The lowest BCUT2D eigenvalue weighted by molar-refractivity contribution is -0.131. The summed E-state index contributed by atoms with van der Waals surface area (Å²) in [6, 6.07) is 9.15. The van der Waals surface area contributed by atoms with E-state index >= 15 is 0 Å². The highest BCUT2D eigenvalue weighted by Gasteiger charge is 2.22. The fourth-order valence-electron chi connectivity index (χ4n) is 2.76. The Morgan fingerprint density at radius 1 is 1.12 bits per heavy atom. The molecule has 3 aromatic rings. The van der Waals surface area contributed by atoms with Crippen LogP contribution in [0.1, 0.15) is 24.3 Å². The quantitative estimate of drug-likeness (QED) is 0.688. The van der Waals surface area contributed by atoms with Crippen molar-refractivity contribution in [1.29, 1.82) is 0 Å². The molecule has 0 saturated heterocycles. The SMILES string of the molecule is CCOC(=O)c1c(OC(C)=O)cc2c3cccc(OC)c3ccn12. The molecule has 0 aliphatic heterocycles. The van der Waals surface area contributed by atoms with Crippen LogP contribution in [-0.4, -0.2) is 30.1 Å². The van der Waals surface area contributed by atoms with Crippen molar-refractivity contribution in [1.82, 2.24) is 4.40 Å². The first kappa shape index (κ1) is 15.9. The minimum Gasteiger partial charge on any atom is -0.496 e. The van der Waals surface area contributed by atoms with Crippen LogP contribution in [0.4, 0.5) is 0 Å². The van der Waals surface area contributed by atoms with E-state index in [4.69, 9.17) is 14.2 Å². The van der Waals surface area contributed by atoms with Crippen LogP contribution in [-0.2, 0) is 9.53 Å². The molecule has 1 aromatic carbocycles. The van der Waals surface area contributed by atoms with Gasteiger partial charge in [-0.05, 0) is 19.1 Å². The van der Waals surface area contributed by atoms with E-state index < -0.39 is 11.9 Å². The van der Waals surface area contributed by atoms with Crippen molar-refractivity contribution < 1.29 is 23.8 Å². The zero-order valence-electron chi connectivity index (χ0n) is 13.7. The molecule has 6 heteroatoms. The number of methoxy groups -OCH3 is 1. The second kappa shape index (κ2) is 6.23. The summed E-state index contributed by atoms with van der Waals surface area (Å²) in [5, 5.41) is 1.77. The zero-order chi connectivity index (χ0) is 17.3. The molecule has 0 aliphatic carbocycles. The summed E-state index contributed by atoms with van der Waals surface area (Å²) >= 11 is 0. The first-order chi connectivity index (χ1) is 11.6. The van der Waals surface area contributed by atoms with Gasteiger partial charge in [0.2, 0.25) is 0 Å². The van der Waals surface area contributed by atoms with Gasteiger partial charge < -0.3 is 18.6 Å². The molecule has 3 rings (SSSR count). The zero-order valence-corrected chi connectivity index (χ0v) is 13.7. The van der Waals surface area contributed by atoms with Gasteiger partial charge in [0.05, 0.1) is 19.2 Å². The van der Waals surface area contributed by atoms with Gasteiger partial charge in [0, 0.05) is 30.0 Å². The Kier molecular flexibility index (Phi) is 4.12. The van der Waals surface area contributed by atoms with Crippen molar-refractivity contribution >= 4 is 28.2 Å². The first-order valence-corrected chi connectivity index (χ1v) is 7.53. The van der Waals surface area contributed by atoms with Gasteiger partial charge in [-0.3, -0.25) is 4.79 Å². The van der Waals surface area contributed by atoms with Crippen molar-refractivity contribution in [2.24, 2.45) is 0 Å². The number of fused-ring (bicyclic) bond motifs is 3. The molecule has 6 nitrogen and oxygen atoms in total. The number of carbonyl (C=O) groups is 2. The number of nitrogens with zero attached hydrogens (tertiary/aromatic N) is 1. The number of rotatable bonds is 4. The average molecular weight is 327 g/mol. The molecule has 0 atom stereocenters. The minimum absolute atomic E-state index is 0.177. The molecule has 0 aliphatic rings. The topological polar surface area (TPSA) is 66.2 Å². The Balaban J connectivity index is 2.33. The third-order valence-corrected chi connectivity index (χ3v) is 3.68. The predicted octanol–water partition coefficient (Wildman–Crippen LogP) is 3.20. The average Bonchev–Trinajstić information content (AvgIpc) is 2.91. The first-order valence-electron chi connectivity index (χ1n) is 7.53. The molecule has 0 fully saturated rings. The molecule has 0 saturated carbocycles. The van der Waals surface area contributed by atoms with Gasteiger partial charge in [0.25, 0.3) is 0 Å². The van der Waals surface area contributed by atoms with Crippen molar-refractivity contribution in [3.63, 3.8) is 0 Å². The predicted molar refractivity (Wildman–Crippen MR) is 88.7 cm³/mol. The summed E-state index contributed by atoms with van der Waals surface area (Å²) in [5.41, 5.74) is 0.914. The number of pyridine rings is 1. The molecule has 124 valence electrons. The summed E-state index contributed by atoms with van der Waals surface area (Å²) in [5.74, 6) is -0.145. The van der Waals surface area contributed by atoms with Gasteiger partial charge in [-0.15, -0.1) is 0 Å². The number of hydrogen-bond donors (Lipinski definition) is 0. The molecular weight excluding hydrogens is 310 g/mol. The normalized spacial score (nSPS) is 10.8. The van der Waals surface area contributed by atoms with Crippen LogP contribution in [0.3, 0.4) is 0 Å². The third kappa shape index (κ3) is 2.56. The van der Waals surface area contributed by atoms with E-state index in [1.807, 2.05) is 24.3 Å². The van der Waals surface area contributed by atoms with Crippen molar-refractivity contribution in [2.45, 2.75) is 13.8 Å². The highest BCUT2D eigenvalue weighted by atomic mass is 16.5. The van der Waals surface area contributed by atoms with Gasteiger partial charge in [-0.1, -0.05) is 12.1 Å². The van der Waals surface area contributed by atoms with E-state index in [1.54, 1.807) is 30.7 Å². The second-order valence-electron chi connectivity index (χ2n) is 5.16. The number of hydrogen-bond acceptors (Lipinski definition) is 5. The van der Waals surface area contributed by atoms with Crippen LogP contribution in [0.2, 0.25) is 0 Å². The molecule has 0 radical (unpaired) electrons. The number of ether oxygens (including phenoxy) is 3. The van der Waals surface area contributed by atoms with Crippen LogP contribution in [0.25, 0.3) is 16.3 Å². The molecule has 2 heterocycles. The summed E-state index contributed by atoms with van der Waals surface area (Å²) < 4.78 is 17.4. The van der Waals surface area contributed by atoms with Crippen LogP contribution in [0.5, 0.6) is 11.5 Å². The Labute approximate surface area is 138 Å². The van der Waals surface area contributed by atoms with Crippen molar-refractivity contribution in [2.75, 3.05) is 13.7 Å². The highest BCUT2D eigenvalue weighted by molar-refractivity contribution is 6.03. The summed E-state index contributed by atoms with van der Waals surface area (Å²) in [6.07, 6.45) is 1.74.